The molecule has 1 saturated heterocycles. The van der Waals surface area contributed by atoms with Gasteiger partial charge in [0.2, 0.25) is 0 Å². The third-order valence-electron chi connectivity index (χ3n) is 3.78. The highest BCUT2D eigenvalue weighted by Gasteiger charge is 2.35. The summed E-state index contributed by atoms with van der Waals surface area (Å²) < 4.78 is 5.93. The van der Waals surface area contributed by atoms with E-state index < -0.39 is 0 Å². The van der Waals surface area contributed by atoms with Crippen molar-refractivity contribution in [2.45, 2.75) is 53.2 Å². The molecule has 1 fully saturated rings. The Morgan fingerprint density at radius 3 is 2.00 bits per heavy atom. The number of ether oxygens (including phenoxy) is 1. The Balaban J connectivity index is 2.63. The summed E-state index contributed by atoms with van der Waals surface area (Å²) in [7, 11) is 0. The van der Waals surface area contributed by atoms with Crippen molar-refractivity contribution in [2.75, 3.05) is 0 Å². The predicted molar refractivity (Wildman–Crippen MR) is 52.1 cm³/mol. The maximum absolute atomic E-state index is 5.93. The van der Waals surface area contributed by atoms with Gasteiger partial charge in [0.15, 0.2) is 0 Å². The zero-order valence-corrected chi connectivity index (χ0v) is 9.00. The van der Waals surface area contributed by atoms with Crippen molar-refractivity contribution in [3.05, 3.63) is 0 Å². The molecule has 1 aliphatic heterocycles. The summed E-state index contributed by atoms with van der Waals surface area (Å²) in [6.07, 6.45) is 2.09. The summed E-state index contributed by atoms with van der Waals surface area (Å²) in [4.78, 5) is 0. The van der Waals surface area contributed by atoms with Crippen molar-refractivity contribution in [1.82, 2.24) is 0 Å². The van der Waals surface area contributed by atoms with E-state index in [1.54, 1.807) is 0 Å². The highest BCUT2D eigenvalue weighted by atomic mass is 16.5. The summed E-state index contributed by atoms with van der Waals surface area (Å²) in [5, 5.41) is 0. The van der Waals surface area contributed by atoms with Crippen LogP contribution in [0.2, 0.25) is 0 Å². The molecule has 72 valence electrons. The molecule has 0 amide bonds. The van der Waals surface area contributed by atoms with Crippen molar-refractivity contribution in [3.63, 3.8) is 0 Å². The maximum Gasteiger partial charge on any atom is 0.0604 e. The summed E-state index contributed by atoms with van der Waals surface area (Å²) in [6.45, 7) is 11.4. The lowest BCUT2D eigenvalue weighted by Crippen LogP contribution is -2.42. The van der Waals surface area contributed by atoms with Gasteiger partial charge in [-0.3, -0.25) is 0 Å². The van der Waals surface area contributed by atoms with E-state index in [0.717, 1.165) is 18.3 Å². The first-order valence-electron chi connectivity index (χ1n) is 5.23. The minimum atomic E-state index is 0.446. The number of rotatable bonds is 1. The normalized spacial score (nSPS) is 49.2. The molecule has 0 N–H and O–H groups in total. The molecule has 0 spiro atoms. The van der Waals surface area contributed by atoms with Crippen LogP contribution in [-0.2, 0) is 4.74 Å². The molecular formula is C11H22O. The monoisotopic (exact) mass is 170 g/mol. The SMILES string of the molecule is CCC1O[C@H](C)C(C)C(C)C1C. The molecule has 12 heavy (non-hydrogen) atoms. The summed E-state index contributed by atoms with van der Waals surface area (Å²) in [5.74, 6) is 2.24. The Hall–Kier alpha value is -0.0400. The van der Waals surface area contributed by atoms with Gasteiger partial charge in [-0.05, 0) is 31.1 Å². The lowest BCUT2D eigenvalue weighted by Gasteiger charge is -2.42. The Bertz CT molecular complexity index is 139. The second-order valence-corrected chi connectivity index (χ2v) is 4.37. The van der Waals surface area contributed by atoms with Gasteiger partial charge in [0.1, 0.15) is 0 Å². The summed E-state index contributed by atoms with van der Waals surface area (Å²) in [5.41, 5.74) is 0. The molecule has 1 aliphatic rings. The number of hydrogen-bond acceptors (Lipinski definition) is 1. The Labute approximate surface area is 76.5 Å². The lowest BCUT2D eigenvalue weighted by molar-refractivity contribution is -0.125. The second-order valence-electron chi connectivity index (χ2n) is 4.37. The molecule has 1 heterocycles. The van der Waals surface area contributed by atoms with Crippen molar-refractivity contribution >= 4 is 0 Å². The van der Waals surface area contributed by atoms with E-state index in [4.69, 9.17) is 4.74 Å². The summed E-state index contributed by atoms with van der Waals surface area (Å²) in [6, 6.07) is 0. The average Bonchev–Trinajstić information content (AvgIpc) is 2.08. The van der Waals surface area contributed by atoms with Gasteiger partial charge in [-0.25, -0.2) is 0 Å². The van der Waals surface area contributed by atoms with Crippen LogP contribution in [0, 0.1) is 17.8 Å². The molecular weight excluding hydrogens is 148 g/mol. The quantitative estimate of drug-likeness (QED) is 0.587. The van der Waals surface area contributed by atoms with E-state index >= 15 is 0 Å². The molecule has 1 rings (SSSR count). The van der Waals surface area contributed by atoms with Crippen LogP contribution in [0.3, 0.4) is 0 Å². The van der Waals surface area contributed by atoms with Crippen LogP contribution in [0.1, 0.15) is 41.0 Å². The minimum Gasteiger partial charge on any atom is -0.375 e. The van der Waals surface area contributed by atoms with E-state index in [1.165, 1.54) is 0 Å². The Kier molecular flexibility index (Phi) is 3.16. The molecule has 0 aromatic heterocycles. The Morgan fingerprint density at radius 2 is 1.50 bits per heavy atom. The third kappa shape index (κ3) is 1.66. The molecule has 0 aromatic rings. The maximum atomic E-state index is 5.93. The van der Waals surface area contributed by atoms with Crippen molar-refractivity contribution in [3.8, 4) is 0 Å². The predicted octanol–water partition coefficient (Wildman–Crippen LogP) is 3.09. The second kappa shape index (κ2) is 3.78. The van der Waals surface area contributed by atoms with Gasteiger partial charge in [-0.2, -0.15) is 0 Å². The van der Waals surface area contributed by atoms with E-state index in [9.17, 15) is 0 Å². The standard InChI is InChI=1S/C11H22O/c1-6-11-9(4)7(2)8(3)10(5)12-11/h7-11H,6H2,1-5H3/t7?,8?,9?,10-,11?/m1/s1. The fourth-order valence-electron chi connectivity index (χ4n) is 2.24. The van der Waals surface area contributed by atoms with Gasteiger partial charge in [0.05, 0.1) is 12.2 Å². The van der Waals surface area contributed by atoms with Crippen LogP contribution in [0.5, 0.6) is 0 Å². The third-order valence-corrected chi connectivity index (χ3v) is 3.78. The van der Waals surface area contributed by atoms with Crippen LogP contribution >= 0.6 is 0 Å². The van der Waals surface area contributed by atoms with Crippen molar-refractivity contribution < 1.29 is 4.74 Å². The topological polar surface area (TPSA) is 9.23 Å². The highest BCUT2D eigenvalue weighted by molar-refractivity contribution is 4.83. The average molecular weight is 170 g/mol. The van der Waals surface area contributed by atoms with Gasteiger partial charge >= 0.3 is 0 Å². The van der Waals surface area contributed by atoms with Crippen LogP contribution in [0.4, 0.5) is 0 Å². The van der Waals surface area contributed by atoms with Crippen molar-refractivity contribution in [2.24, 2.45) is 17.8 Å². The van der Waals surface area contributed by atoms with Crippen LogP contribution in [0.25, 0.3) is 0 Å². The van der Waals surface area contributed by atoms with Crippen LogP contribution < -0.4 is 0 Å². The molecule has 5 atom stereocenters. The van der Waals surface area contributed by atoms with Crippen LogP contribution in [0.15, 0.2) is 0 Å². The number of hydrogen-bond donors (Lipinski definition) is 0. The molecule has 0 aliphatic carbocycles. The smallest absolute Gasteiger partial charge is 0.0604 e. The van der Waals surface area contributed by atoms with Gasteiger partial charge < -0.3 is 4.74 Å². The van der Waals surface area contributed by atoms with Crippen LogP contribution in [-0.4, -0.2) is 12.2 Å². The molecule has 0 bridgehead atoms. The summed E-state index contributed by atoms with van der Waals surface area (Å²) >= 11 is 0. The zero-order chi connectivity index (χ0) is 9.30. The fraction of sp³-hybridized carbons (Fsp3) is 1.00. The Morgan fingerprint density at radius 1 is 0.917 bits per heavy atom. The van der Waals surface area contributed by atoms with Gasteiger partial charge in [0, 0.05) is 0 Å². The van der Waals surface area contributed by atoms with Crippen molar-refractivity contribution in [1.29, 1.82) is 0 Å². The first-order chi connectivity index (χ1) is 5.57. The highest BCUT2D eigenvalue weighted by Crippen LogP contribution is 2.35. The van der Waals surface area contributed by atoms with Gasteiger partial charge in [0.25, 0.3) is 0 Å². The zero-order valence-electron chi connectivity index (χ0n) is 9.00. The molecule has 1 heteroatoms. The first kappa shape index (κ1) is 10.0. The molecule has 4 unspecified atom stereocenters. The fourth-order valence-corrected chi connectivity index (χ4v) is 2.24. The van der Waals surface area contributed by atoms with E-state index in [2.05, 4.69) is 34.6 Å². The minimum absolute atomic E-state index is 0.446. The first-order valence-corrected chi connectivity index (χ1v) is 5.23. The largest absolute Gasteiger partial charge is 0.375 e. The van der Waals surface area contributed by atoms with E-state index in [0.29, 0.717) is 18.1 Å². The molecule has 0 aromatic carbocycles. The van der Waals surface area contributed by atoms with E-state index in [1.807, 2.05) is 0 Å². The molecule has 0 radical (unpaired) electrons. The van der Waals surface area contributed by atoms with Gasteiger partial charge in [-0.1, -0.05) is 27.7 Å². The molecule has 1 nitrogen and oxygen atoms in total. The van der Waals surface area contributed by atoms with Gasteiger partial charge in [-0.15, -0.1) is 0 Å². The van der Waals surface area contributed by atoms with E-state index in [-0.39, 0.29) is 0 Å². The molecule has 0 saturated carbocycles. The lowest BCUT2D eigenvalue weighted by atomic mass is 9.76.